The van der Waals surface area contributed by atoms with Crippen LogP contribution in [0.3, 0.4) is 0 Å². The second-order valence-corrected chi connectivity index (χ2v) is 3.51. The van der Waals surface area contributed by atoms with Crippen molar-refractivity contribution in [2.45, 2.75) is 32.5 Å². The molecule has 0 amide bonds. The zero-order chi connectivity index (χ0) is 12.1. The highest BCUT2D eigenvalue weighted by Crippen LogP contribution is 2.18. The van der Waals surface area contributed by atoms with Gasteiger partial charge in [0.15, 0.2) is 0 Å². The number of carbonyl (C=O) groups excluding carboxylic acids is 2. The molecule has 17 heavy (non-hydrogen) atoms. The molecule has 0 aliphatic heterocycles. The van der Waals surface area contributed by atoms with Gasteiger partial charge in [0.05, 0.1) is 0 Å². The van der Waals surface area contributed by atoms with Gasteiger partial charge in [0, 0.05) is 12.2 Å². The van der Waals surface area contributed by atoms with Crippen molar-refractivity contribution in [2.75, 3.05) is 0 Å². The highest BCUT2D eigenvalue weighted by molar-refractivity contribution is 5.85. The molecule has 0 fully saturated rings. The van der Waals surface area contributed by atoms with E-state index in [4.69, 9.17) is 9.47 Å². The molecule has 3 N–H and O–H groups in total. The Labute approximate surface area is 108 Å². The summed E-state index contributed by atoms with van der Waals surface area (Å²) in [6, 6.07) is 0. The highest BCUT2D eigenvalue weighted by atomic mass is 35.5. The fourth-order valence-electron chi connectivity index (χ4n) is 0.748. The normalized spacial score (nSPS) is 11.0. The third-order valence-electron chi connectivity index (χ3n) is 1.97. The molecule has 0 aliphatic rings. The van der Waals surface area contributed by atoms with E-state index in [-0.39, 0.29) is 18.6 Å². The molecule has 5 nitrogen and oxygen atoms in total. The van der Waals surface area contributed by atoms with Crippen LogP contribution in [0.15, 0.2) is 25.3 Å². The van der Waals surface area contributed by atoms with E-state index in [1.165, 1.54) is 0 Å². The molecule has 1 unspecified atom stereocenters. The van der Waals surface area contributed by atoms with Gasteiger partial charge < -0.3 is 15.6 Å². The first-order valence-electron chi connectivity index (χ1n) is 4.52. The van der Waals surface area contributed by atoms with E-state index in [2.05, 4.69) is 13.2 Å². The van der Waals surface area contributed by atoms with Gasteiger partial charge in [0.2, 0.25) is 0 Å². The topological polar surface area (TPSA) is 87.6 Å². The standard InChI is InChI=1S/C11H16O4.ClH.H3N/c1-6-9(12)14-8(3)11(4,5)15-10(13)7-2;;/h6-8H,1-2H2,3-5H3;1H;1H3. The summed E-state index contributed by atoms with van der Waals surface area (Å²) in [5.74, 6) is -1.10. The van der Waals surface area contributed by atoms with E-state index in [0.717, 1.165) is 12.2 Å². The molecule has 0 aromatic heterocycles. The molecular weight excluding hydrogens is 246 g/mol. The van der Waals surface area contributed by atoms with E-state index in [9.17, 15) is 9.59 Å². The van der Waals surface area contributed by atoms with Crippen LogP contribution < -0.4 is 6.15 Å². The van der Waals surface area contributed by atoms with Crippen molar-refractivity contribution in [2.24, 2.45) is 0 Å². The third-order valence-corrected chi connectivity index (χ3v) is 1.97. The molecule has 6 heteroatoms. The fraction of sp³-hybridized carbons (Fsp3) is 0.455. The van der Waals surface area contributed by atoms with Crippen LogP contribution in [0, 0.1) is 0 Å². The lowest BCUT2D eigenvalue weighted by Crippen LogP contribution is -2.41. The minimum atomic E-state index is -0.899. The fourth-order valence-corrected chi connectivity index (χ4v) is 0.748. The molecule has 0 aromatic rings. The molecule has 0 radical (unpaired) electrons. The quantitative estimate of drug-likeness (QED) is 0.608. The number of esters is 2. The Balaban J connectivity index is -0.000000980. The average Bonchev–Trinajstić information content (AvgIpc) is 2.16. The summed E-state index contributed by atoms with van der Waals surface area (Å²) in [6.07, 6.45) is 1.55. The summed E-state index contributed by atoms with van der Waals surface area (Å²) in [5, 5.41) is 0. The largest absolute Gasteiger partial charge is 0.455 e. The summed E-state index contributed by atoms with van der Waals surface area (Å²) in [7, 11) is 0. The van der Waals surface area contributed by atoms with Gasteiger partial charge in [0.1, 0.15) is 11.7 Å². The Morgan fingerprint density at radius 3 is 1.94 bits per heavy atom. The van der Waals surface area contributed by atoms with Gasteiger partial charge in [-0.2, -0.15) is 0 Å². The number of carbonyl (C=O) groups is 2. The minimum absolute atomic E-state index is 0. The molecule has 100 valence electrons. The molecule has 1 atom stereocenters. The van der Waals surface area contributed by atoms with Crippen LogP contribution in [0.5, 0.6) is 0 Å². The Morgan fingerprint density at radius 2 is 1.59 bits per heavy atom. The van der Waals surface area contributed by atoms with Crippen LogP contribution >= 0.6 is 12.4 Å². The van der Waals surface area contributed by atoms with Crippen LogP contribution in [0.4, 0.5) is 0 Å². The van der Waals surface area contributed by atoms with Gasteiger partial charge in [-0.05, 0) is 20.8 Å². The Bertz CT molecular complexity index is 289. The van der Waals surface area contributed by atoms with E-state index < -0.39 is 23.6 Å². The summed E-state index contributed by atoms with van der Waals surface area (Å²) in [5.41, 5.74) is -0.899. The molecule has 0 saturated carbocycles. The zero-order valence-electron chi connectivity index (χ0n) is 10.4. The Kier molecular flexibility index (Phi) is 10.8. The van der Waals surface area contributed by atoms with E-state index in [0.29, 0.717) is 0 Å². The maximum absolute atomic E-state index is 11.0. The highest BCUT2D eigenvalue weighted by Gasteiger charge is 2.32. The smallest absolute Gasteiger partial charge is 0.330 e. The molecular formula is C11H20ClNO4. The maximum atomic E-state index is 11.0. The molecule has 0 bridgehead atoms. The van der Waals surface area contributed by atoms with Gasteiger partial charge in [0.25, 0.3) is 0 Å². The van der Waals surface area contributed by atoms with Crippen LogP contribution in [0.25, 0.3) is 0 Å². The Hall–Kier alpha value is -1.33. The van der Waals surface area contributed by atoms with Gasteiger partial charge in [-0.1, -0.05) is 13.2 Å². The number of hydrogen-bond acceptors (Lipinski definition) is 5. The third kappa shape index (κ3) is 7.54. The summed E-state index contributed by atoms with van der Waals surface area (Å²) >= 11 is 0. The van der Waals surface area contributed by atoms with Crippen LogP contribution in [0.2, 0.25) is 0 Å². The van der Waals surface area contributed by atoms with Gasteiger partial charge in [-0.15, -0.1) is 12.4 Å². The molecule has 0 rings (SSSR count). The number of rotatable bonds is 5. The summed E-state index contributed by atoms with van der Waals surface area (Å²) < 4.78 is 9.97. The number of hydrogen-bond donors (Lipinski definition) is 1. The van der Waals surface area contributed by atoms with Gasteiger partial charge >= 0.3 is 11.9 Å². The molecule has 0 saturated heterocycles. The minimum Gasteiger partial charge on any atom is -0.455 e. The predicted molar refractivity (Wildman–Crippen MR) is 68.4 cm³/mol. The molecule has 0 heterocycles. The Morgan fingerprint density at radius 1 is 1.18 bits per heavy atom. The second kappa shape index (κ2) is 8.78. The van der Waals surface area contributed by atoms with Crippen molar-refractivity contribution in [3.05, 3.63) is 25.3 Å². The van der Waals surface area contributed by atoms with E-state index in [1.807, 2.05) is 0 Å². The first-order chi connectivity index (χ1) is 6.83. The monoisotopic (exact) mass is 265 g/mol. The predicted octanol–water partition coefficient (Wildman–Crippen LogP) is 2.20. The van der Waals surface area contributed by atoms with Gasteiger partial charge in [-0.3, -0.25) is 0 Å². The summed E-state index contributed by atoms with van der Waals surface area (Å²) in [4.78, 5) is 21.9. The molecule has 0 spiro atoms. The lowest BCUT2D eigenvalue weighted by molar-refractivity contribution is -0.172. The average molecular weight is 266 g/mol. The SMILES string of the molecule is C=CC(=O)OC(C)C(C)(C)OC(=O)C=C.Cl.N. The van der Waals surface area contributed by atoms with Crippen LogP contribution in [-0.4, -0.2) is 23.6 Å². The van der Waals surface area contributed by atoms with E-state index in [1.54, 1.807) is 20.8 Å². The lowest BCUT2D eigenvalue weighted by atomic mass is 10.0. The number of halogens is 1. The zero-order valence-corrected chi connectivity index (χ0v) is 11.2. The van der Waals surface area contributed by atoms with Crippen molar-refractivity contribution < 1.29 is 19.1 Å². The molecule has 0 aliphatic carbocycles. The summed E-state index contributed by atoms with van der Waals surface area (Å²) in [6.45, 7) is 11.5. The lowest BCUT2D eigenvalue weighted by Gasteiger charge is -2.30. The van der Waals surface area contributed by atoms with Crippen molar-refractivity contribution in [3.8, 4) is 0 Å². The van der Waals surface area contributed by atoms with Crippen LogP contribution in [-0.2, 0) is 19.1 Å². The first-order valence-corrected chi connectivity index (χ1v) is 4.52. The van der Waals surface area contributed by atoms with Crippen molar-refractivity contribution in [3.63, 3.8) is 0 Å². The number of ether oxygens (including phenoxy) is 2. The maximum Gasteiger partial charge on any atom is 0.330 e. The second-order valence-electron chi connectivity index (χ2n) is 3.51. The van der Waals surface area contributed by atoms with Crippen molar-refractivity contribution in [1.29, 1.82) is 0 Å². The van der Waals surface area contributed by atoms with Crippen molar-refractivity contribution in [1.82, 2.24) is 6.15 Å². The first kappa shape index (κ1) is 21.0. The van der Waals surface area contributed by atoms with Crippen molar-refractivity contribution >= 4 is 24.3 Å². The van der Waals surface area contributed by atoms with E-state index >= 15 is 0 Å². The van der Waals surface area contributed by atoms with Crippen LogP contribution in [0.1, 0.15) is 20.8 Å². The van der Waals surface area contributed by atoms with Gasteiger partial charge in [-0.25, -0.2) is 9.59 Å². The molecule has 0 aromatic carbocycles.